The molecular weight excluding hydrogens is 402 g/mol. The molecule has 0 radical (unpaired) electrons. The topological polar surface area (TPSA) is 75.4 Å². The number of hydrogen-bond acceptors (Lipinski definition) is 6. The predicted octanol–water partition coefficient (Wildman–Crippen LogP) is 4.36. The Labute approximate surface area is 188 Å². The van der Waals surface area contributed by atoms with Gasteiger partial charge in [-0.25, -0.2) is 15.0 Å². The monoisotopic (exact) mass is 431 g/mol. The number of oxazole rings is 1. The average Bonchev–Trinajstić information content (AvgIpc) is 3.51. The summed E-state index contributed by atoms with van der Waals surface area (Å²) < 4.78 is 5.35. The minimum absolute atomic E-state index is 0.134. The maximum Gasteiger partial charge on any atom is 0.254 e. The fourth-order valence-electron chi connectivity index (χ4n) is 4.54. The fourth-order valence-corrected chi connectivity index (χ4v) is 4.54. The molecule has 3 heterocycles. The molecule has 1 aliphatic heterocycles. The van der Waals surface area contributed by atoms with Gasteiger partial charge in [-0.15, -0.1) is 0 Å². The lowest BCUT2D eigenvalue weighted by molar-refractivity contribution is 0.0630. The summed E-state index contributed by atoms with van der Waals surface area (Å²) >= 11 is 0. The van der Waals surface area contributed by atoms with E-state index < -0.39 is 0 Å². The van der Waals surface area contributed by atoms with Gasteiger partial charge in [0.05, 0.1) is 6.20 Å². The number of carbonyl (C=O) groups is 1. The van der Waals surface area contributed by atoms with Gasteiger partial charge in [-0.1, -0.05) is 25.5 Å². The van der Waals surface area contributed by atoms with Crippen LogP contribution in [0.4, 0.5) is 5.95 Å². The van der Waals surface area contributed by atoms with Crippen molar-refractivity contribution in [3.8, 4) is 11.3 Å². The van der Waals surface area contributed by atoms with Gasteiger partial charge in [0.2, 0.25) is 5.95 Å². The summed E-state index contributed by atoms with van der Waals surface area (Å²) in [6.07, 6.45) is 13.2. The van der Waals surface area contributed by atoms with Crippen molar-refractivity contribution in [2.75, 3.05) is 18.0 Å². The highest BCUT2D eigenvalue weighted by molar-refractivity contribution is 5.95. The Bertz CT molecular complexity index is 1020. The van der Waals surface area contributed by atoms with E-state index >= 15 is 0 Å². The van der Waals surface area contributed by atoms with Gasteiger partial charge in [0.25, 0.3) is 5.91 Å². The van der Waals surface area contributed by atoms with Crippen molar-refractivity contribution in [2.45, 2.75) is 57.5 Å². The summed E-state index contributed by atoms with van der Waals surface area (Å²) in [4.78, 5) is 30.9. The van der Waals surface area contributed by atoms with Crippen LogP contribution in [-0.2, 0) is 6.42 Å². The van der Waals surface area contributed by atoms with E-state index in [1.165, 1.54) is 12.0 Å². The molecule has 0 unspecified atom stereocenters. The van der Waals surface area contributed by atoms with Crippen LogP contribution in [0.2, 0.25) is 0 Å². The van der Waals surface area contributed by atoms with E-state index in [2.05, 4.69) is 31.7 Å². The van der Waals surface area contributed by atoms with Gasteiger partial charge < -0.3 is 14.2 Å². The van der Waals surface area contributed by atoms with Crippen LogP contribution in [0.15, 0.2) is 53.7 Å². The van der Waals surface area contributed by atoms with Crippen molar-refractivity contribution in [1.82, 2.24) is 19.9 Å². The molecule has 2 aromatic heterocycles. The van der Waals surface area contributed by atoms with Crippen molar-refractivity contribution in [2.24, 2.45) is 0 Å². The third kappa shape index (κ3) is 4.38. The summed E-state index contributed by atoms with van der Waals surface area (Å²) in [6, 6.07) is 8.30. The first-order valence-electron chi connectivity index (χ1n) is 11.6. The number of carbonyl (C=O) groups excluding carboxylic acids is 1. The zero-order valence-electron chi connectivity index (χ0n) is 18.5. The Morgan fingerprint density at radius 1 is 1.03 bits per heavy atom. The number of piperidine rings is 1. The first-order valence-corrected chi connectivity index (χ1v) is 11.6. The molecule has 1 saturated heterocycles. The third-order valence-electron chi connectivity index (χ3n) is 6.39. The quantitative estimate of drug-likeness (QED) is 0.553. The number of amides is 1. The van der Waals surface area contributed by atoms with Crippen molar-refractivity contribution >= 4 is 11.9 Å². The fraction of sp³-hybridized carbons (Fsp3) is 0.440. The number of aryl methyl sites for hydroxylation is 1. The SMILES string of the molecule is CCCc1cnc(N2CCC(N(C(=O)c3ccc(-c4cnco4)cc3)C3CC3)CC2)nc1. The summed E-state index contributed by atoms with van der Waals surface area (Å²) in [5.41, 5.74) is 2.85. The van der Waals surface area contributed by atoms with E-state index in [1.54, 1.807) is 6.20 Å². The largest absolute Gasteiger partial charge is 0.444 e. The molecular formula is C25H29N5O2. The summed E-state index contributed by atoms with van der Waals surface area (Å²) in [5, 5.41) is 0. The number of hydrogen-bond donors (Lipinski definition) is 0. The highest BCUT2D eigenvalue weighted by atomic mass is 16.3. The third-order valence-corrected chi connectivity index (χ3v) is 6.39. The van der Waals surface area contributed by atoms with Crippen LogP contribution in [-0.4, -0.2) is 50.9 Å². The van der Waals surface area contributed by atoms with E-state index in [1.807, 2.05) is 36.7 Å². The molecule has 7 heteroatoms. The lowest BCUT2D eigenvalue weighted by Crippen LogP contribution is -2.48. The smallest absolute Gasteiger partial charge is 0.254 e. The molecule has 2 aliphatic rings. The van der Waals surface area contributed by atoms with Gasteiger partial charge in [0, 0.05) is 48.7 Å². The second-order valence-corrected chi connectivity index (χ2v) is 8.75. The summed E-state index contributed by atoms with van der Waals surface area (Å²) in [7, 11) is 0. The standard InChI is InChI=1S/C25H29N5O2/c1-2-3-18-14-27-25(28-15-18)29-12-10-22(11-13-29)30(21-8-9-21)24(31)20-6-4-19(5-7-20)23-16-26-17-32-23/h4-7,14-17,21-22H,2-3,8-13H2,1H3. The van der Waals surface area contributed by atoms with Crippen LogP contribution in [0.5, 0.6) is 0 Å². The van der Waals surface area contributed by atoms with Gasteiger partial charge in [0.1, 0.15) is 0 Å². The number of rotatable bonds is 7. The Balaban J connectivity index is 1.24. The predicted molar refractivity (Wildman–Crippen MR) is 122 cm³/mol. The molecule has 32 heavy (non-hydrogen) atoms. The molecule has 7 nitrogen and oxygen atoms in total. The minimum Gasteiger partial charge on any atom is -0.444 e. The molecule has 1 saturated carbocycles. The van der Waals surface area contributed by atoms with Crippen LogP contribution >= 0.6 is 0 Å². The Kier molecular flexibility index (Phi) is 5.88. The molecule has 0 N–H and O–H groups in total. The summed E-state index contributed by atoms with van der Waals surface area (Å²) in [5.74, 6) is 1.64. The second-order valence-electron chi connectivity index (χ2n) is 8.75. The zero-order valence-corrected chi connectivity index (χ0v) is 18.5. The Hall–Kier alpha value is -3.22. The first-order chi connectivity index (χ1) is 15.7. The Morgan fingerprint density at radius 2 is 1.72 bits per heavy atom. The van der Waals surface area contributed by atoms with E-state index in [9.17, 15) is 4.79 Å². The van der Waals surface area contributed by atoms with Gasteiger partial charge in [-0.2, -0.15) is 0 Å². The van der Waals surface area contributed by atoms with E-state index in [-0.39, 0.29) is 11.9 Å². The number of benzene rings is 1. The van der Waals surface area contributed by atoms with Crippen molar-refractivity contribution < 1.29 is 9.21 Å². The lowest BCUT2D eigenvalue weighted by atomic mass is 10.0. The van der Waals surface area contributed by atoms with E-state index in [4.69, 9.17) is 4.42 Å². The molecule has 0 atom stereocenters. The van der Waals surface area contributed by atoms with Crippen LogP contribution in [0, 0.1) is 0 Å². The van der Waals surface area contributed by atoms with E-state index in [0.717, 1.165) is 68.7 Å². The zero-order chi connectivity index (χ0) is 21.9. The minimum atomic E-state index is 0.134. The molecule has 1 amide bonds. The molecule has 0 bridgehead atoms. The van der Waals surface area contributed by atoms with Crippen molar-refractivity contribution in [1.29, 1.82) is 0 Å². The Morgan fingerprint density at radius 3 is 2.31 bits per heavy atom. The maximum absolute atomic E-state index is 13.4. The van der Waals surface area contributed by atoms with Gasteiger partial charge >= 0.3 is 0 Å². The number of anilines is 1. The highest BCUT2D eigenvalue weighted by Gasteiger charge is 2.39. The normalized spacial score (nSPS) is 16.8. The summed E-state index contributed by atoms with van der Waals surface area (Å²) in [6.45, 7) is 3.91. The number of nitrogens with zero attached hydrogens (tertiary/aromatic N) is 5. The molecule has 3 aromatic rings. The second kappa shape index (κ2) is 9.10. The van der Waals surface area contributed by atoms with Crippen LogP contribution < -0.4 is 4.90 Å². The molecule has 2 fully saturated rings. The first kappa shape index (κ1) is 20.7. The molecule has 5 rings (SSSR count). The van der Waals surface area contributed by atoms with Crippen LogP contribution in [0.25, 0.3) is 11.3 Å². The van der Waals surface area contributed by atoms with Gasteiger partial charge in [-0.05, 0) is 49.8 Å². The molecule has 166 valence electrons. The van der Waals surface area contributed by atoms with Crippen molar-refractivity contribution in [3.63, 3.8) is 0 Å². The van der Waals surface area contributed by atoms with Gasteiger partial charge in [-0.3, -0.25) is 4.79 Å². The van der Waals surface area contributed by atoms with E-state index in [0.29, 0.717) is 11.8 Å². The molecule has 1 aliphatic carbocycles. The maximum atomic E-state index is 13.4. The highest BCUT2D eigenvalue weighted by Crippen LogP contribution is 2.34. The molecule has 0 spiro atoms. The number of aromatic nitrogens is 3. The molecule has 1 aromatic carbocycles. The van der Waals surface area contributed by atoms with Crippen molar-refractivity contribution in [3.05, 3.63) is 60.4 Å². The van der Waals surface area contributed by atoms with Crippen LogP contribution in [0.3, 0.4) is 0 Å². The van der Waals surface area contributed by atoms with Gasteiger partial charge in [0.15, 0.2) is 12.2 Å². The average molecular weight is 432 g/mol. The van der Waals surface area contributed by atoms with Crippen LogP contribution in [0.1, 0.15) is 54.9 Å². The lowest BCUT2D eigenvalue weighted by Gasteiger charge is -2.39.